The zero-order valence-electron chi connectivity index (χ0n) is 20.2. The van der Waals surface area contributed by atoms with Crippen molar-refractivity contribution in [1.29, 1.82) is 0 Å². The average molecular weight is 560 g/mol. The van der Waals surface area contributed by atoms with E-state index in [0.717, 1.165) is 25.0 Å². The minimum Gasteiger partial charge on any atom is -0.429 e. The van der Waals surface area contributed by atoms with Crippen molar-refractivity contribution in [2.45, 2.75) is 31.8 Å². The Hall–Kier alpha value is -3.22. The Morgan fingerprint density at radius 3 is 1.90 bits per heavy atom. The highest BCUT2D eigenvalue weighted by Gasteiger charge is 2.53. The molecule has 2 bridgehead atoms. The molecule has 3 aliphatic heterocycles. The molecule has 3 aromatic carbocycles. The number of ether oxygens (including phenoxy) is 4. The summed E-state index contributed by atoms with van der Waals surface area (Å²) < 4.78 is 135. The Morgan fingerprint density at radius 2 is 1.33 bits per heavy atom. The number of hydrogen-bond donors (Lipinski definition) is 0. The number of benzene rings is 3. The summed E-state index contributed by atoms with van der Waals surface area (Å²) in [5.41, 5.74) is -2.96. The van der Waals surface area contributed by atoms with Crippen LogP contribution in [0, 0.1) is 40.3 Å². The van der Waals surface area contributed by atoms with Crippen LogP contribution in [0.4, 0.5) is 35.1 Å². The normalized spacial score (nSPS) is 22.8. The molecule has 0 unspecified atom stereocenters. The molecule has 0 spiro atoms. The van der Waals surface area contributed by atoms with E-state index in [1.165, 1.54) is 6.07 Å². The third-order valence-electron chi connectivity index (χ3n) is 6.70. The van der Waals surface area contributed by atoms with E-state index in [4.69, 9.17) is 14.2 Å². The monoisotopic (exact) mass is 560 g/mol. The van der Waals surface area contributed by atoms with Gasteiger partial charge in [-0.3, -0.25) is 0 Å². The number of halogens is 8. The van der Waals surface area contributed by atoms with E-state index in [1.54, 1.807) is 0 Å². The summed E-state index contributed by atoms with van der Waals surface area (Å²) in [6.07, 6.45) is -2.95. The second-order valence-electron chi connectivity index (χ2n) is 9.48. The molecule has 0 aliphatic carbocycles. The van der Waals surface area contributed by atoms with E-state index in [2.05, 4.69) is 4.74 Å². The molecule has 3 fully saturated rings. The highest BCUT2D eigenvalue weighted by molar-refractivity contribution is 5.66. The summed E-state index contributed by atoms with van der Waals surface area (Å²) in [5.74, 6) is -13.4. The molecular weight excluding hydrogens is 540 g/mol. The first kappa shape index (κ1) is 27.4. The summed E-state index contributed by atoms with van der Waals surface area (Å²) in [7, 11) is 0. The second-order valence-corrected chi connectivity index (χ2v) is 9.48. The standard InChI is InChI=1S/C27H20F8O4/c1-2-7-25-11-36-27(37-12-25,38-13-25)14-3-4-16(19(28)8-14)17-5-6-18(23(32)22(17)31)26(34,35)39-15-9-20(29)24(33)21(30)10-15/h3-6,8-10H,2,7,11-13H2,1H3. The van der Waals surface area contributed by atoms with Crippen molar-refractivity contribution < 1.29 is 54.1 Å². The van der Waals surface area contributed by atoms with E-state index >= 15 is 4.39 Å². The largest absolute Gasteiger partial charge is 0.429 e. The van der Waals surface area contributed by atoms with Gasteiger partial charge in [0.1, 0.15) is 17.1 Å². The van der Waals surface area contributed by atoms with E-state index in [0.29, 0.717) is 32.0 Å². The molecule has 12 heteroatoms. The van der Waals surface area contributed by atoms with Crippen molar-refractivity contribution in [2.75, 3.05) is 19.8 Å². The molecule has 0 amide bonds. The quantitative estimate of drug-likeness (QED) is 0.225. The topological polar surface area (TPSA) is 36.9 Å². The van der Waals surface area contributed by atoms with Crippen LogP contribution in [0.25, 0.3) is 11.1 Å². The van der Waals surface area contributed by atoms with Gasteiger partial charge in [0.25, 0.3) is 0 Å². The van der Waals surface area contributed by atoms with Crippen LogP contribution < -0.4 is 4.74 Å². The zero-order chi connectivity index (χ0) is 28.2. The fourth-order valence-electron chi connectivity index (χ4n) is 4.69. The lowest BCUT2D eigenvalue weighted by Crippen LogP contribution is -2.58. The van der Waals surface area contributed by atoms with Gasteiger partial charge >= 0.3 is 12.1 Å². The van der Waals surface area contributed by atoms with E-state index < -0.39 is 69.4 Å². The SMILES string of the molecule is CCCC12COC(c3ccc(-c4ccc(C(F)(F)Oc5cc(F)c(F)c(F)c5)c(F)c4F)c(F)c3)(OC1)OC2. The maximum absolute atomic E-state index is 15.1. The lowest BCUT2D eigenvalue weighted by Gasteiger charge is -2.51. The van der Waals surface area contributed by atoms with Crippen molar-refractivity contribution in [3.8, 4) is 16.9 Å². The fraction of sp³-hybridized carbons (Fsp3) is 0.333. The highest BCUT2D eigenvalue weighted by atomic mass is 19.3. The van der Waals surface area contributed by atoms with Crippen molar-refractivity contribution in [3.63, 3.8) is 0 Å². The van der Waals surface area contributed by atoms with Gasteiger partial charge in [-0.05, 0) is 18.6 Å². The van der Waals surface area contributed by atoms with E-state index in [1.807, 2.05) is 6.92 Å². The van der Waals surface area contributed by atoms with Gasteiger partial charge in [0, 0.05) is 34.2 Å². The fourth-order valence-corrected chi connectivity index (χ4v) is 4.69. The maximum atomic E-state index is 15.1. The molecule has 3 heterocycles. The van der Waals surface area contributed by atoms with Gasteiger partial charge < -0.3 is 18.9 Å². The summed E-state index contributed by atoms with van der Waals surface area (Å²) in [4.78, 5) is 0. The number of alkyl halides is 2. The molecular formula is C27H20F8O4. The van der Waals surface area contributed by atoms with Gasteiger partial charge in [-0.15, -0.1) is 0 Å². The molecule has 3 aliphatic rings. The summed E-state index contributed by atoms with van der Waals surface area (Å²) in [5, 5.41) is 0. The molecule has 0 radical (unpaired) electrons. The Bertz CT molecular complexity index is 1380. The first-order valence-electron chi connectivity index (χ1n) is 11.8. The number of hydrogen-bond acceptors (Lipinski definition) is 4. The molecule has 3 saturated heterocycles. The van der Waals surface area contributed by atoms with Gasteiger partial charge in [-0.25, -0.2) is 26.3 Å². The minimum absolute atomic E-state index is 0.116. The lowest BCUT2D eigenvalue weighted by molar-refractivity contribution is -0.480. The van der Waals surface area contributed by atoms with Gasteiger partial charge in [-0.2, -0.15) is 8.78 Å². The molecule has 208 valence electrons. The smallest absolute Gasteiger partial charge is 0.429 e. The van der Waals surface area contributed by atoms with Crippen molar-refractivity contribution in [3.05, 3.63) is 88.5 Å². The van der Waals surface area contributed by atoms with Crippen LogP contribution in [0.1, 0.15) is 30.9 Å². The minimum atomic E-state index is -4.64. The molecule has 39 heavy (non-hydrogen) atoms. The second kappa shape index (κ2) is 9.76. The van der Waals surface area contributed by atoms with Crippen LogP contribution in [-0.4, -0.2) is 19.8 Å². The Balaban J connectivity index is 1.41. The molecule has 6 rings (SSSR count). The van der Waals surface area contributed by atoms with Gasteiger partial charge in [0.05, 0.1) is 19.8 Å². The third kappa shape index (κ3) is 4.74. The van der Waals surface area contributed by atoms with Gasteiger partial charge in [0.2, 0.25) is 0 Å². The highest BCUT2D eigenvalue weighted by Crippen LogP contribution is 2.47. The van der Waals surface area contributed by atoms with E-state index in [-0.39, 0.29) is 23.1 Å². The summed E-state index contributed by atoms with van der Waals surface area (Å²) >= 11 is 0. The van der Waals surface area contributed by atoms with Crippen LogP contribution >= 0.6 is 0 Å². The van der Waals surface area contributed by atoms with Crippen molar-refractivity contribution in [1.82, 2.24) is 0 Å². The molecule has 3 aromatic rings. The first-order chi connectivity index (χ1) is 18.4. The van der Waals surface area contributed by atoms with Crippen LogP contribution in [0.2, 0.25) is 0 Å². The Kier molecular flexibility index (Phi) is 6.84. The summed E-state index contributed by atoms with van der Waals surface area (Å²) in [6.45, 7) is 2.97. The molecule has 0 aromatic heterocycles. The predicted molar refractivity (Wildman–Crippen MR) is 119 cm³/mol. The number of rotatable bonds is 7. The van der Waals surface area contributed by atoms with E-state index in [9.17, 15) is 30.7 Å². The lowest BCUT2D eigenvalue weighted by atomic mass is 9.83. The van der Waals surface area contributed by atoms with Crippen LogP contribution in [0.3, 0.4) is 0 Å². The van der Waals surface area contributed by atoms with Crippen LogP contribution in [0.5, 0.6) is 5.75 Å². The first-order valence-corrected chi connectivity index (χ1v) is 11.8. The molecule has 0 N–H and O–H groups in total. The zero-order valence-corrected chi connectivity index (χ0v) is 20.2. The van der Waals surface area contributed by atoms with Crippen LogP contribution in [-0.2, 0) is 26.3 Å². The van der Waals surface area contributed by atoms with Crippen LogP contribution in [0.15, 0.2) is 42.5 Å². The van der Waals surface area contributed by atoms with Gasteiger partial charge in [0.15, 0.2) is 29.1 Å². The number of fused-ring (bicyclic) bond motifs is 3. The Morgan fingerprint density at radius 1 is 0.744 bits per heavy atom. The summed E-state index contributed by atoms with van der Waals surface area (Å²) in [6, 6.07) is 4.72. The van der Waals surface area contributed by atoms with Gasteiger partial charge in [-0.1, -0.05) is 31.5 Å². The average Bonchev–Trinajstić information content (AvgIpc) is 2.90. The molecule has 4 nitrogen and oxygen atoms in total. The Labute approximate surface area is 217 Å². The predicted octanol–water partition coefficient (Wildman–Crippen LogP) is 7.29. The molecule has 0 atom stereocenters. The maximum Gasteiger partial charge on any atom is 0.429 e. The molecule has 0 saturated carbocycles. The van der Waals surface area contributed by atoms with Crippen molar-refractivity contribution >= 4 is 0 Å². The van der Waals surface area contributed by atoms with Crippen molar-refractivity contribution in [2.24, 2.45) is 5.41 Å². The third-order valence-corrected chi connectivity index (χ3v) is 6.70.